The van der Waals surface area contributed by atoms with Gasteiger partial charge in [0.2, 0.25) is 0 Å². The van der Waals surface area contributed by atoms with Crippen molar-refractivity contribution in [3.05, 3.63) is 53.1 Å². The number of ether oxygens (including phenoxy) is 2. The normalized spacial score (nSPS) is 10.4. The molecule has 22 heavy (non-hydrogen) atoms. The number of rotatable bonds is 6. The van der Waals surface area contributed by atoms with E-state index in [4.69, 9.17) is 27.5 Å². The summed E-state index contributed by atoms with van der Waals surface area (Å²) >= 11 is 6.13. The zero-order chi connectivity index (χ0) is 15.8. The minimum atomic E-state index is 0.194. The summed E-state index contributed by atoms with van der Waals surface area (Å²) in [5.41, 5.74) is 1.72. The van der Waals surface area contributed by atoms with Crippen molar-refractivity contribution in [1.29, 1.82) is 0 Å². The van der Waals surface area contributed by atoms with Crippen LogP contribution < -0.4 is 9.47 Å². The minimum Gasteiger partial charge on any atom is -0.494 e. The molecule has 0 heterocycles. The molecule has 0 aromatic heterocycles. The first-order chi connectivity index (χ1) is 10.7. The van der Waals surface area contributed by atoms with Gasteiger partial charge < -0.3 is 9.47 Å². The zero-order valence-corrected chi connectivity index (χ0v) is 13.0. The first kappa shape index (κ1) is 15.9. The second-order valence-corrected chi connectivity index (χ2v) is 4.77. The van der Waals surface area contributed by atoms with Gasteiger partial charge in [0.1, 0.15) is 18.1 Å². The average molecular weight is 314 g/mol. The van der Waals surface area contributed by atoms with Crippen LogP contribution in [0.25, 0.3) is 0 Å². The van der Waals surface area contributed by atoms with E-state index in [1.165, 1.54) is 0 Å². The van der Waals surface area contributed by atoms with E-state index in [1.807, 2.05) is 37.3 Å². The van der Waals surface area contributed by atoms with E-state index in [0.29, 0.717) is 17.4 Å². The van der Waals surface area contributed by atoms with Crippen LogP contribution in [0.3, 0.4) is 0 Å². The predicted molar refractivity (Wildman–Crippen MR) is 90.6 cm³/mol. The summed E-state index contributed by atoms with van der Waals surface area (Å²) in [4.78, 5) is 4.40. The third-order valence-electron chi connectivity index (χ3n) is 2.78. The Bertz CT molecular complexity index is 687. The lowest BCUT2D eigenvalue weighted by Gasteiger charge is -2.05. The molecule has 112 valence electrons. The largest absolute Gasteiger partial charge is 0.494 e. The molecule has 0 radical (unpaired) electrons. The number of nitrogens with zero attached hydrogens (tertiary/aromatic N) is 1. The Balaban J connectivity index is 2.06. The fraction of sp³-hybridized carbons (Fsp3) is 0.167. The highest BCUT2D eigenvalue weighted by atomic mass is 35.5. The molecule has 0 unspecified atom stereocenters. The molecule has 2 rings (SSSR count). The highest BCUT2D eigenvalue weighted by Crippen LogP contribution is 2.25. The first-order valence-corrected chi connectivity index (χ1v) is 7.23. The van der Waals surface area contributed by atoms with Gasteiger partial charge in [-0.1, -0.05) is 17.5 Å². The smallest absolute Gasteiger partial charge is 0.148 e. The molecule has 0 amide bonds. The number of hydrogen-bond acceptors (Lipinski definition) is 3. The van der Waals surface area contributed by atoms with Crippen molar-refractivity contribution in [2.45, 2.75) is 6.92 Å². The van der Waals surface area contributed by atoms with Gasteiger partial charge in [0.25, 0.3) is 0 Å². The molecule has 3 nitrogen and oxygen atoms in total. The lowest BCUT2D eigenvalue weighted by molar-refractivity contribution is 0.340. The third-order valence-corrected chi connectivity index (χ3v) is 3.07. The van der Waals surface area contributed by atoms with E-state index in [0.717, 1.165) is 17.0 Å². The van der Waals surface area contributed by atoms with Gasteiger partial charge in [-0.05, 0) is 55.0 Å². The molecule has 2 aromatic rings. The highest BCUT2D eigenvalue weighted by molar-refractivity contribution is 6.32. The molecule has 0 aliphatic rings. The Kier molecular flexibility index (Phi) is 5.88. The summed E-state index contributed by atoms with van der Waals surface area (Å²) in [6.07, 6.45) is 6.89. The molecule has 0 atom stereocenters. The molecular formula is C18H16ClNO2. The summed E-state index contributed by atoms with van der Waals surface area (Å²) in [7, 11) is 0. The van der Waals surface area contributed by atoms with Crippen LogP contribution in [-0.4, -0.2) is 19.4 Å². The van der Waals surface area contributed by atoms with E-state index in [2.05, 4.69) is 10.9 Å². The Labute approximate surface area is 135 Å². The molecule has 0 fully saturated rings. The van der Waals surface area contributed by atoms with Crippen molar-refractivity contribution in [2.24, 2.45) is 4.99 Å². The van der Waals surface area contributed by atoms with Gasteiger partial charge in [0.05, 0.1) is 17.3 Å². The molecule has 0 aliphatic heterocycles. The van der Waals surface area contributed by atoms with Crippen LogP contribution in [0, 0.1) is 12.3 Å². The van der Waals surface area contributed by atoms with Gasteiger partial charge in [0, 0.05) is 6.21 Å². The van der Waals surface area contributed by atoms with Crippen molar-refractivity contribution >= 4 is 23.5 Å². The minimum absolute atomic E-state index is 0.194. The van der Waals surface area contributed by atoms with E-state index in [-0.39, 0.29) is 6.61 Å². The van der Waals surface area contributed by atoms with E-state index >= 15 is 0 Å². The zero-order valence-electron chi connectivity index (χ0n) is 12.3. The number of aliphatic imine (C=N–C) groups is 1. The molecular weight excluding hydrogens is 298 g/mol. The topological polar surface area (TPSA) is 30.8 Å². The van der Waals surface area contributed by atoms with E-state index < -0.39 is 0 Å². The number of halogens is 1. The number of hydrogen-bond donors (Lipinski definition) is 0. The van der Waals surface area contributed by atoms with Crippen molar-refractivity contribution in [3.8, 4) is 23.8 Å². The van der Waals surface area contributed by atoms with Gasteiger partial charge in [-0.2, -0.15) is 0 Å². The van der Waals surface area contributed by atoms with Gasteiger partial charge >= 0.3 is 0 Å². The molecule has 0 saturated carbocycles. The van der Waals surface area contributed by atoms with Crippen LogP contribution in [0.5, 0.6) is 11.5 Å². The molecule has 0 spiro atoms. The average Bonchev–Trinajstić information content (AvgIpc) is 2.54. The fourth-order valence-electron chi connectivity index (χ4n) is 1.78. The second-order valence-electron chi connectivity index (χ2n) is 4.37. The van der Waals surface area contributed by atoms with Gasteiger partial charge in [0.15, 0.2) is 0 Å². The molecule has 0 aliphatic carbocycles. The Morgan fingerprint density at radius 2 is 1.95 bits per heavy atom. The fourth-order valence-corrected chi connectivity index (χ4v) is 2.02. The first-order valence-electron chi connectivity index (χ1n) is 6.85. The quantitative estimate of drug-likeness (QED) is 0.580. The Morgan fingerprint density at radius 3 is 2.59 bits per heavy atom. The molecule has 2 aromatic carbocycles. The van der Waals surface area contributed by atoms with Gasteiger partial charge in [-0.25, -0.2) is 0 Å². The van der Waals surface area contributed by atoms with Crippen molar-refractivity contribution in [3.63, 3.8) is 0 Å². The molecule has 0 bridgehead atoms. The van der Waals surface area contributed by atoms with Crippen LogP contribution in [0.1, 0.15) is 12.5 Å². The maximum Gasteiger partial charge on any atom is 0.148 e. The molecule has 0 saturated heterocycles. The predicted octanol–water partition coefficient (Wildman–Crippen LogP) is 4.50. The van der Waals surface area contributed by atoms with E-state index in [9.17, 15) is 0 Å². The highest BCUT2D eigenvalue weighted by Gasteiger charge is 2.01. The summed E-state index contributed by atoms with van der Waals surface area (Å²) in [5, 5.41) is 0.505. The van der Waals surface area contributed by atoms with Crippen LogP contribution >= 0.6 is 11.6 Å². The second kappa shape index (κ2) is 8.11. The van der Waals surface area contributed by atoms with Crippen LogP contribution in [0.4, 0.5) is 5.69 Å². The Morgan fingerprint density at radius 1 is 1.18 bits per heavy atom. The van der Waals surface area contributed by atoms with Gasteiger partial charge in [-0.3, -0.25) is 4.99 Å². The summed E-state index contributed by atoms with van der Waals surface area (Å²) in [6, 6.07) is 13.0. The van der Waals surface area contributed by atoms with E-state index in [1.54, 1.807) is 18.3 Å². The summed E-state index contributed by atoms with van der Waals surface area (Å²) in [5.74, 6) is 3.80. The third kappa shape index (κ3) is 4.54. The monoisotopic (exact) mass is 313 g/mol. The lowest BCUT2D eigenvalue weighted by atomic mass is 10.2. The maximum absolute atomic E-state index is 6.13. The number of benzene rings is 2. The van der Waals surface area contributed by atoms with Crippen molar-refractivity contribution in [2.75, 3.05) is 13.2 Å². The summed E-state index contributed by atoms with van der Waals surface area (Å²) < 4.78 is 10.7. The lowest BCUT2D eigenvalue weighted by Crippen LogP contribution is -1.94. The van der Waals surface area contributed by atoms with Crippen molar-refractivity contribution < 1.29 is 9.47 Å². The Hall–Kier alpha value is -2.44. The molecule has 0 N–H and O–H groups in total. The standard InChI is InChI=1S/C18H16ClNO2/c1-3-11-22-18-10-5-14(12-17(18)19)13-20-15-6-8-16(9-7-15)21-4-2/h1,5-10,12-13H,4,11H2,2H3. The van der Waals surface area contributed by atoms with Crippen LogP contribution in [0.15, 0.2) is 47.5 Å². The number of terminal acetylenes is 1. The van der Waals surface area contributed by atoms with Crippen molar-refractivity contribution in [1.82, 2.24) is 0 Å². The SMILES string of the molecule is C#CCOc1ccc(C=Nc2ccc(OCC)cc2)cc1Cl. The van der Waals surface area contributed by atoms with Crippen LogP contribution in [-0.2, 0) is 0 Å². The van der Waals surface area contributed by atoms with Crippen LogP contribution in [0.2, 0.25) is 5.02 Å². The maximum atomic E-state index is 6.13. The summed E-state index contributed by atoms with van der Waals surface area (Å²) in [6.45, 7) is 2.79. The molecule has 4 heteroatoms. The van der Waals surface area contributed by atoms with Gasteiger partial charge in [-0.15, -0.1) is 6.42 Å².